The summed E-state index contributed by atoms with van der Waals surface area (Å²) < 4.78 is 18.2. The maximum absolute atomic E-state index is 12.9. The topological polar surface area (TPSA) is 9.23 Å². The zero-order valence-electron chi connectivity index (χ0n) is 8.93. The SMILES string of the molecule is CCCCCOc1[c-]cccc1F.[Zn+][Br]. The van der Waals surface area contributed by atoms with E-state index in [0.29, 0.717) is 6.61 Å². The van der Waals surface area contributed by atoms with Gasteiger partial charge in [-0.15, -0.1) is 12.1 Å². The Labute approximate surface area is 107 Å². The van der Waals surface area contributed by atoms with E-state index < -0.39 is 0 Å². The molecular weight excluding hydrogens is 312 g/mol. The molecule has 1 nitrogen and oxygen atoms in total. The molecule has 0 unspecified atom stereocenters. The van der Waals surface area contributed by atoms with Crippen molar-refractivity contribution in [3.8, 4) is 5.75 Å². The molecule has 0 aliphatic heterocycles. The van der Waals surface area contributed by atoms with Crippen LogP contribution < -0.4 is 4.74 Å². The van der Waals surface area contributed by atoms with Crippen molar-refractivity contribution < 1.29 is 25.5 Å². The van der Waals surface area contributed by atoms with Gasteiger partial charge in [-0.25, -0.2) is 0 Å². The summed E-state index contributed by atoms with van der Waals surface area (Å²) in [6, 6.07) is 7.35. The van der Waals surface area contributed by atoms with Gasteiger partial charge in [0.1, 0.15) is 0 Å². The van der Waals surface area contributed by atoms with E-state index in [-0.39, 0.29) is 11.6 Å². The van der Waals surface area contributed by atoms with E-state index in [4.69, 9.17) is 4.74 Å². The summed E-state index contributed by atoms with van der Waals surface area (Å²) in [4.78, 5) is 0. The summed E-state index contributed by atoms with van der Waals surface area (Å²) in [7, 11) is 0. The summed E-state index contributed by atoms with van der Waals surface area (Å²) in [5, 5.41) is 0. The molecule has 0 fully saturated rings. The number of ether oxygens (including phenoxy) is 1. The summed E-state index contributed by atoms with van der Waals surface area (Å²) in [5.74, 6) is -0.0994. The average Bonchev–Trinajstić information content (AvgIpc) is 2.29. The molecular formula is C11H14BrFOZn. The molecule has 0 aliphatic carbocycles. The Morgan fingerprint density at radius 3 is 2.80 bits per heavy atom. The number of para-hydroxylation sites is 1. The van der Waals surface area contributed by atoms with Gasteiger partial charge in [-0.1, -0.05) is 19.8 Å². The van der Waals surface area contributed by atoms with E-state index in [1.165, 1.54) is 22.4 Å². The molecule has 0 saturated carbocycles. The molecule has 1 aromatic carbocycles. The molecule has 4 heteroatoms. The van der Waals surface area contributed by atoms with Crippen molar-refractivity contribution in [2.45, 2.75) is 26.2 Å². The molecule has 0 bridgehead atoms. The standard InChI is InChI=1S/C11H14FO.BrH.Zn/c1-2-3-6-9-13-11-8-5-4-7-10(11)12;;/h4-5,7H,2-3,6,9H2,1H3;1H;/q-1;;+2/p-1. The number of rotatable bonds is 5. The summed E-state index contributed by atoms with van der Waals surface area (Å²) >= 11 is 4.25. The van der Waals surface area contributed by atoms with Crippen LogP contribution in [0.25, 0.3) is 0 Å². The van der Waals surface area contributed by atoms with Crippen LogP contribution in [-0.4, -0.2) is 6.61 Å². The number of unbranched alkanes of at least 4 members (excludes halogenated alkanes) is 2. The zero-order valence-corrected chi connectivity index (χ0v) is 13.5. The van der Waals surface area contributed by atoms with Gasteiger partial charge in [0, 0.05) is 11.6 Å². The number of hydrogen-bond donors (Lipinski definition) is 0. The van der Waals surface area contributed by atoms with Gasteiger partial charge in [-0.3, -0.25) is 4.39 Å². The monoisotopic (exact) mass is 324 g/mol. The van der Waals surface area contributed by atoms with E-state index >= 15 is 0 Å². The van der Waals surface area contributed by atoms with Gasteiger partial charge in [0.15, 0.2) is 0 Å². The van der Waals surface area contributed by atoms with Gasteiger partial charge in [0.05, 0.1) is 6.61 Å². The molecule has 0 spiro atoms. The van der Waals surface area contributed by atoms with Gasteiger partial charge >= 0.3 is 30.0 Å². The molecule has 0 atom stereocenters. The van der Waals surface area contributed by atoms with Crippen molar-refractivity contribution in [3.63, 3.8) is 0 Å². The molecule has 0 aliphatic rings. The second-order valence-corrected chi connectivity index (χ2v) is 2.90. The number of halogens is 2. The van der Waals surface area contributed by atoms with Crippen LogP contribution in [-0.2, 0) is 16.3 Å². The summed E-state index contributed by atoms with van der Waals surface area (Å²) in [5.41, 5.74) is 0. The predicted molar refractivity (Wildman–Crippen MR) is 59.2 cm³/mol. The third-order valence-electron chi connectivity index (χ3n) is 1.76. The fourth-order valence-corrected chi connectivity index (χ4v) is 1.04. The van der Waals surface area contributed by atoms with Crippen molar-refractivity contribution in [1.29, 1.82) is 0 Å². The minimum absolute atomic E-state index is 0.235. The second-order valence-electron chi connectivity index (χ2n) is 2.90. The van der Waals surface area contributed by atoms with Crippen molar-refractivity contribution >= 4 is 13.6 Å². The fraction of sp³-hybridized carbons (Fsp3) is 0.455. The van der Waals surface area contributed by atoms with Gasteiger partial charge in [0.2, 0.25) is 0 Å². The Bertz CT molecular complexity index is 258. The van der Waals surface area contributed by atoms with Crippen molar-refractivity contribution in [1.82, 2.24) is 0 Å². The van der Waals surface area contributed by atoms with Crippen LogP contribution in [0.1, 0.15) is 26.2 Å². The third kappa shape index (κ3) is 7.02. The van der Waals surface area contributed by atoms with E-state index in [2.05, 4.69) is 26.6 Å². The molecule has 1 rings (SSSR count). The van der Waals surface area contributed by atoms with Crippen LogP contribution in [0.5, 0.6) is 5.75 Å². The van der Waals surface area contributed by atoms with Gasteiger partial charge in [-0.2, -0.15) is 12.1 Å². The van der Waals surface area contributed by atoms with Crippen molar-refractivity contribution in [3.05, 3.63) is 30.1 Å². The number of hydrogen-bond acceptors (Lipinski definition) is 1. The summed E-state index contributed by atoms with van der Waals surface area (Å²) in [6.45, 7) is 2.69. The van der Waals surface area contributed by atoms with Crippen molar-refractivity contribution in [2.24, 2.45) is 0 Å². The van der Waals surface area contributed by atoms with E-state index in [1.54, 1.807) is 12.1 Å². The molecule has 80 valence electrons. The first-order valence-electron chi connectivity index (χ1n) is 4.90. The minimum atomic E-state index is -0.334. The van der Waals surface area contributed by atoms with Crippen LogP contribution in [0.2, 0.25) is 0 Å². The van der Waals surface area contributed by atoms with Crippen LogP contribution >= 0.6 is 13.6 Å². The van der Waals surface area contributed by atoms with Gasteiger partial charge in [-0.05, 0) is 6.42 Å². The molecule has 0 N–H and O–H groups in total. The van der Waals surface area contributed by atoms with Gasteiger partial charge in [0.25, 0.3) is 0 Å². The molecule has 1 aromatic rings. The van der Waals surface area contributed by atoms with Crippen LogP contribution in [0, 0.1) is 11.9 Å². The Morgan fingerprint density at radius 1 is 1.47 bits per heavy atom. The zero-order chi connectivity index (χ0) is 11.5. The first kappa shape index (κ1) is 15.1. The second kappa shape index (κ2) is 10.6. The Hall–Kier alpha value is 0.0534. The van der Waals surface area contributed by atoms with Crippen LogP contribution in [0.15, 0.2) is 18.2 Å². The molecule has 15 heavy (non-hydrogen) atoms. The Balaban J connectivity index is 0.000000921. The van der Waals surface area contributed by atoms with Crippen LogP contribution in [0.3, 0.4) is 0 Å². The molecule has 0 amide bonds. The average molecular weight is 327 g/mol. The quantitative estimate of drug-likeness (QED) is 0.451. The molecule has 0 aromatic heterocycles. The first-order chi connectivity index (χ1) is 7.34. The van der Waals surface area contributed by atoms with Crippen LogP contribution in [0.4, 0.5) is 4.39 Å². The first-order valence-corrected chi connectivity index (χ1v) is 11.8. The molecule has 0 saturated heterocycles. The van der Waals surface area contributed by atoms with E-state index in [1.807, 2.05) is 0 Å². The Morgan fingerprint density at radius 2 is 2.20 bits per heavy atom. The summed E-state index contributed by atoms with van der Waals surface area (Å²) in [6.07, 6.45) is 3.23. The maximum atomic E-state index is 12.9. The Kier molecular flexibility index (Phi) is 10.6. The molecule has 0 radical (unpaired) electrons. The van der Waals surface area contributed by atoms with E-state index in [0.717, 1.165) is 19.3 Å². The van der Waals surface area contributed by atoms with Gasteiger partial charge < -0.3 is 4.74 Å². The fourth-order valence-electron chi connectivity index (χ4n) is 1.04. The predicted octanol–water partition coefficient (Wildman–Crippen LogP) is 4.04. The molecule has 0 heterocycles. The third-order valence-corrected chi connectivity index (χ3v) is 1.76. The normalized spacial score (nSPS) is 9.13. The van der Waals surface area contributed by atoms with Crippen molar-refractivity contribution in [2.75, 3.05) is 6.61 Å². The van der Waals surface area contributed by atoms with E-state index in [9.17, 15) is 4.39 Å². The number of benzene rings is 1.